The molecule has 2 atom stereocenters. The number of amides is 2. The van der Waals surface area contributed by atoms with E-state index in [0.717, 1.165) is 18.4 Å². The Labute approximate surface area is 137 Å². The molecule has 2 aliphatic heterocycles. The molecule has 1 aromatic rings. The quantitative estimate of drug-likeness (QED) is 0.773. The Bertz CT molecular complexity index is 558. The zero-order valence-electron chi connectivity index (χ0n) is 13.6. The van der Waals surface area contributed by atoms with Crippen LogP contribution in [0, 0.1) is 5.92 Å². The van der Waals surface area contributed by atoms with Gasteiger partial charge in [-0.25, -0.2) is 0 Å². The van der Waals surface area contributed by atoms with E-state index in [1.165, 1.54) is 12.8 Å². The highest BCUT2D eigenvalue weighted by Gasteiger charge is 2.34. The standard InChI is InChI=1S/C18H25N3O2/c1-19-18(23)14-4-2-12(3-5-14)11-20-17(22)10-13-8-15-6-7-16(9-13)21-15/h2-5,13,15-16,21H,6-11H2,1H3,(H,19,23)(H,20,22). The summed E-state index contributed by atoms with van der Waals surface area (Å²) < 4.78 is 0. The summed E-state index contributed by atoms with van der Waals surface area (Å²) in [5, 5.41) is 9.20. The van der Waals surface area contributed by atoms with Crippen molar-refractivity contribution in [1.82, 2.24) is 16.0 Å². The second-order valence-corrected chi connectivity index (χ2v) is 6.73. The van der Waals surface area contributed by atoms with E-state index in [1.54, 1.807) is 19.2 Å². The molecule has 0 aliphatic carbocycles. The monoisotopic (exact) mass is 315 g/mol. The number of piperidine rings is 1. The highest BCUT2D eigenvalue weighted by atomic mass is 16.2. The number of hydrogen-bond donors (Lipinski definition) is 3. The van der Waals surface area contributed by atoms with Gasteiger partial charge in [-0.05, 0) is 49.3 Å². The second kappa shape index (κ2) is 7.13. The van der Waals surface area contributed by atoms with Crippen molar-refractivity contribution in [2.45, 2.75) is 50.7 Å². The molecule has 5 nitrogen and oxygen atoms in total. The van der Waals surface area contributed by atoms with Gasteiger partial charge in [0.15, 0.2) is 0 Å². The van der Waals surface area contributed by atoms with Crippen LogP contribution in [0.5, 0.6) is 0 Å². The summed E-state index contributed by atoms with van der Waals surface area (Å²) in [5.74, 6) is 0.553. The highest BCUT2D eigenvalue weighted by Crippen LogP contribution is 2.32. The lowest BCUT2D eigenvalue weighted by Crippen LogP contribution is -2.39. The van der Waals surface area contributed by atoms with Crippen LogP contribution in [0.4, 0.5) is 0 Å². The minimum atomic E-state index is -0.0962. The summed E-state index contributed by atoms with van der Waals surface area (Å²) in [4.78, 5) is 23.6. The van der Waals surface area contributed by atoms with Crippen LogP contribution < -0.4 is 16.0 Å². The molecule has 0 radical (unpaired) electrons. The third kappa shape index (κ3) is 4.10. The third-order valence-corrected chi connectivity index (χ3v) is 4.98. The predicted octanol–water partition coefficient (Wildman–Crippen LogP) is 1.58. The lowest BCUT2D eigenvalue weighted by molar-refractivity contribution is -0.122. The average molecular weight is 315 g/mol. The molecular weight excluding hydrogens is 290 g/mol. The van der Waals surface area contributed by atoms with Crippen LogP contribution in [0.15, 0.2) is 24.3 Å². The van der Waals surface area contributed by atoms with Gasteiger partial charge < -0.3 is 16.0 Å². The fourth-order valence-corrected chi connectivity index (χ4v) is 3.80. The summed E-state index contributed by atoms with van der Waals surface area (Å²) >= 11 is 0. The van der Waals surface area contributed by atoms with Crippen LogP contribution >= 0.6 is 0 Å². The van der Waals surface area contributed by atoms with Crippen molar-refractivity contribution < 1.29 is 9.59 Å². The maximum Gasteiger partial charge on any atom is 0.251 e. The van der Waals surface area contributed by atoms with Gasteiger partial charge in [-0.3, -0.25) is 9.59 Å². The molecule has 2 fully saturated rings. The molecule has 2 heterocycles. The number of fused-ring (bicyclic) bond motifs is 2. The minimum absolute atomic E-state index is 0.0962. The van der Waals surface area contributed by atoms with Gasteiger partial charge in [0.2, 0.25) is 5.91 Å². The van der Waals surface area contributed by atoms with Crippen LogP contribution in [0.25, 0.3) is 0 Å². The first-order chi connectivity index (χ1) is 11.1. The normalized spacial score (nSPS) is 25.9. The zero-order chi connectivity index (χ0) is 16.2. The molecule has 0 spiro atoms. The van der Waals surface area contributed by atoms with Crippen LogP contribution in [0.1, 0.15) is 48.0 Å². The Morgan fingerprint density at radius 3 is 2.39 bits per heavy atom. The van der Waals surface area contributed by atoms with Crippen molar-refractivity contribution in [2.24, 2.45) is 5.92 Å². The van der Waals surface area contributed by atoms with Crippen LogP contribution in [-0.4, -0.2) is 30.9 Å². The molecule has 3 N–H and O–H groups in total. The third-order valence-electron chi connectivity index (χ3n) is 4.98. The Morgan fingerprint density at radius 2 is 1.78 bits per heavy atom. The molecule has 0 aromatic heterocycles. The summed E-state index contributed by atoms with van der Waals surface area (Å²) in [6.45, 7) is 0.519. The average Bonchev–Trinajstić information content (AvgIpc) is 2.91. The number of rotatable bonds is 5. The van der Waals surface area contributed by atoms with Gasteiger partial charge >= 0.3 is 0 Å². The molecule has 2 unspecified atom stereocenters. The van der Waals surface area contributed by atoms with Crippen molar-refractivity contribution in [2.75, 3.05) is 7.05 Å². The Balaban J connectivity index is 1.44. The van der Waals surface area contributed by atoms with Gasteiger partial charge in [-0.1, -0.05) is 12.1 Å². The van der Waals surface area contributed by atoms with Crippen LogP contribution in [-0.2, 0) is 11.3 Å². The summed E-state index contributed by atoms with van der Waals surface area (Å²) in [5.41, 5.74) is 1.64. The number of carbonyl (C=O) groups excluding carboxylic acids is 2. The Hall–Kier alpha value is -1.88. The van der Waals surface area contributed by atoms with Crippen molar-refractivity contribution in [3.8, 4) is 0 Å². The van der Waals surface area contributed by atoms with Gasteiger partial charge in [-0.15, -0.1) is 0 Å². The van der Waals surface area contributed by atoms with Crippen molar-refractivity contribution in [1.29, 1.82) is 0 Å². The molecule has 2 bridgehead atoms. The fourth-order valence-electron chi connectivity index (χ4n) is 3.80. The van der Waals surface area contributed by atoms with Crippen molar-refractivity contribution in [3.63, 3.8) is 0 Å². The number of carbonyl (C=O) groups is 2. The largest absolute Gasteiger partial charge is 0.355 e. The van der Waals surface area contributed by atoms with Gasteiger partial charge in [0.25, 0.3) is 5.91 Å². The van der Waals surface area contributed by atoms with E-state index in [9.17, 15) is 9.59 Å². The topological polar surface area (TPSA) is 70.2 Å². The molecule has 2 saturated heterocycles. The Kier molecular flexibility index (Phi) is 4.96. The first-order valence-electron chi connectivity index (χ1n) is 8.48. The molecule has 2 aliphatic rings. The van der Waals surface area contributed by atoms with Crippen molar-refractivity contribution >= 4 is 11.8 Å². The van der Waals surface area contributed by atoms with E-state index in [4.69, 9.17) is 0 Å². The lowest BCUT2D eigenvalue weighted by atomic mass is 9.89. The Morgan fingerprint density at radius 1 is 1.13 bits per heavy atom. The number of hydrogen-bond acceptors (Lipinski definition) is 3. The summed E-state index contributed by atoms with van der Waals surface area (Å²) in [6, 6.07) is 8.59. The predicted molar refractivity (Wildman–Crippen MR) is 89.0 cm³/mol. The highest BCUT2D eigenvalue weighted by molar-refractivity contribution is 5.93. The molecule has 0 saturated carbocycles. The van der Waals surface area contributed by atoms with Gasteiger partial charge in [0.1, 0.15) is 0 Å². The number of benzene rings is 1. The molecule has 124 valence electrons. The lowest BCUT2D eigenvalue weighted by Gasteiger charge is -2.28. The summed E-state index contributed by atoms with van der Waals surface area (Å²) in [6.07, 6.45) is 5.42. The minimum Gasteiger partial charge on any atom is -0.355 e. The number of nitrogens with one attached hydrogen (secondary N) is 3. The maximum atomic E-state index is 12.1. The summed E-state index contributed by atoms with van der Waals surface area (Å²) in [7, 11) is 1.61. The maximum absolute atomic E-state index is 12.1. The van der Waals surface area contributed by atoms with E-state index >= 15 is 0 Å². The molecule has 1 aromatic carbocycles. The van der Waals surface area contributed by atoms with E-state index in [1.807, 2.05) is 12.1 Å². The second-order valence-electron chi connectivity index (χ2n) is 6.73. The molecule has 2 amide bonds. The smallest absolute Gasteiger partial charge is 0.251 e. The van der Waals surface area contributed by atoms with Crippen LogP contribution in [0.3, 0.4) is 0 Å². The first kappa shape index (κ1) is 16.0. The van der Waals surface area contributed by atoms with E-state index in [2.05, 4.69) is 16.0 Å². The molecular formula is C18H25N3O2. The van der Waals surface area contributed by atoms with Gasteiger partial charge in [-0.2, -0.15) is 0 Å². The fraction of sp³-hybridized carbons (Fsp3) is 0.556. The zero-order valence-corrected chi connectivity index (χ0v) is 13.6. The SMILES string of the molecule is CNC(=O)c1ccc(CNC(=O)CC2CC3CCC(C2)N3)cc1. The molecule has 5 heteroatoms. The molecule has 3 rings (SSSR count). The van der Waals surface area contributed by atoms with Crippen LogP contribution in [0.2, 0.25) is 0 Å². The first-order valence-corrected chi connectivity index (χ1v) is 8.48. The van der Waals surface area contributed by atoms with E-state index < -0.39 is 0 Å². The van der Waals surface area contributed by atoms with Gasteiger partial charge in [0.05, 0.1) is 0 Å². The van der Waals surface area contributed by atoms with Crippen molar-refractivity contribution in [3.05, 3.63) is 35.4 Å². The van der Waals surface area contributed by atoms with E-state index in [-0.39, 0.29) is 11.8 Å². The molecule has 23 heavy (non-hydrogen) atoms. The van der Waals surface area contributed by atoms with E-state index in [0.29, 0.717) is 36.5 Å². The van der Waals surface area contributed by atoms with Gasteiger partial charge in [0, 0.05) is 37.7 Å².